The molecule has 104 valence electrons. The first kappa shape index (κ1) is 14.4. The van der Waals surface area contributed by atoms with Gasteiger partial charge in [0.15, 0.2) is 5.78 Å². The van der Waals surface area contributed by atoms with Crippen LogP contribution in [0.5, 0.6) is 11.5 Å². The second-order valence-electron chi connectivity index (χ2n) is 4.70. The number of benzene rings is 2. The van der Waals surface area contributed by atoms with E-state index in [-0.39, 0.29) is 5.78 Å². The summed E-state index contributed by atoms with van der Waals surface area (Å²) in [5.74, 6) is 1.22. The van der Waals surface area contributed by atoms with Crippen LogP contribution in [0.25, 0.3) is 0 Å². The maximum absolute atomic E-state index is 11.3. The molecule has 0 amide bonds. The van der Waals surface area contributed by atoms with Crippen LogP contribution in [0.3, 0.4) is 0 Å². The molecule has 4 heteroatoms. The summed E-state index contributed by atoms with van der Waals surface area (Å²) in [7, 11) is 3.93. The van der Waals surface area contributed by atoms with Crippen LogP contribution >= 0.6 is 11.6 Å². The molecule has 0 radical (unpaired) electrons. The molecule has 0 atom stereocenters. The normalized spacial score (nSPS) is 10.2. The van der Waals surface area contributed by atoms with Crippen molar-refractivity contribution >= 4 is 23.1 Å². The third kappa shape index (κ3) is 3.31. The fraction of sp³-hybridized carbons (Fsp3) is 0.188. The van der Waals surface area contributed by atoms with E-state index in [2.05, 4.69) is 0 Å². The second-order valence-corrected chi connectivity index (χ2v) is 5.10. The second kappa shape index (κ2) is 5.97. The average molecular weight is 290 g/mol. The summed E-state index contributed by atoms with van der Waals surface area (Å²) in [4.78, 5) is 13.3. The number of hydrogen-bond donors (Lipinski definition) is 0. The van der Waals surface area contributed by atoms with Crippen molar-refractivity contribution < 1.29 is 9.53 Å². The molecule has 0 N–H and O–H groups in total. The summed E-state index contributed by atoms with van der Waals surface area (Å²) in [6.07, 6.45) is 0. The van der Waals surface area contributed by atoms with Crippen LogP contribution in [0.4, 0.5) is 5.69 Å². The predicted molar refractivity (Wildman–Crippen MR) is 82.3 cm³/mol. The fourth-order valence-corrected chi connectivity index (χ4v) is 1.97. The number of nitrogens with zero attached hydrogens (tertiary/aromatic N) is 1. The molecule has 0 saturated heterocycles. The first-order valence-corrected chi connectivity index (χ1v) is 6.61. The topological polar surface area (TPSA) is 29.5 Å². The number of carbonyl (C=O) groups is 1. The highest BCUT2D eigenvalue weighted by Crippen LogP contribution is 2.31. The minimum absolute atomic E-state index is 0.0203. The Morgan fingerprint density at radius 1 is 1.15 bits per heavy atom. The summed E-state index contributed by atoms with van der Waals surface area (Å²) in [6.45, 7) is 1.51. The van der Waals surface area contributed by atoms with Crippen molar-refractivity contribution in [3.63, 3.8) is 0 Å². The van der Waals surface area contributed by atoms with Crippen molar-refractivity contribution in [3.05, 3.63) is 53.1 Å². The molecule has 3 nitrogen and oxygen atoms in total. The van der Waals surface area contributed by atoms with Gasteiger partial charge in [0.25, 0.3) is 0 Å². The lowest BCUT2D eigenvalue weighted by molar-refractivity contribution is 0.101. The number of carbonyl (C=O) groups excluding carboxylic acids is 1. The van der Waals surface area contributed by atoms with Crippen LogP contribution in [-0.4, -0.2) is 19.9 Å². The summed E-state index contributed by atoms with van der Waals surface area (Å²) in [5.41, 5.74) is 1.61. The summed E-state index contributed by atoms with van der Waals surface area (Å²) < 4.78 is 5.76. The van der Waals surface area contributed by atoms with E-state index < -0.39 is 0 Å². The molecule has 0 aliphatic heterocycles. The van der Waals surface area contributed by atoms with Crippen LogP contribution in [0.1, 0.15) is 17.3 Å². The Kier molecular flexibility index (Phi) is 4.30. The van der Waals surface area contributed by atoms with Gasteiger partial charge in [-0.1, -0.05) is 17.7 Å². The SMILES string of the molecule is CC(=O)c1ccc(Oc2cccc(N(C)C)c2)c(Cl)c1. The Morgan fingerprint density at radius 3 is 2.50 bits per heavy atom. The number of hydrogen-bond acceptors (Lipinski definition) is 3. The zero-order valence-corrected chi connectivity index (χ0v) is 12.4. The molecule has 0 unspecified atom stereocenters. The number of Topliss-reactive ketones (excluding diaryl/α,β-unsaturated/α-hetero) is 1. The highest BCUT2D eigenvalue weighted by Gasteiger charge is 2.07. The molecule has 0 bridgehead atoms. The summed E-state index contributed by atoms with van der Waals surface area (Å²) >= 11 is 6.14. The minimum Gasteiger partial charge on any atom is -0.456 e. The van der Waals surface area contributed by atoms with E-state index in [0.29, 0.717) is 22.1 Å². The number of ketones is 1. The molecule has 0 saturated carbocycles. The van der Waals surface area contributed by atoms with E-state index in [4.69, 9.17) is 16.3 Å². The molecule has 0 fully saturated rings. The molecule has 20 heavy (non-hydrogen) atoms. The molecule has 0 heterocycles. The minimum atomic E-state index is -0.0203. The molecule has 2 aromatic carbocycles. The Labute approximate surface area is 123 Å². The smallest absolute Gasteiger partial charge is 0.159 e. The van der Waals surface area contributed by atoms with Gasteiger partial charge in [0, 0.05) is 31.4 Å². The Hall–Kier alpha value is -2.00. The monoisotopic (exact) mass is 289 g/mol. The Bertz CT molecular complexity index is 638. The first-order valence-electron chi connectivity index (χ1n) is 6.23. The van der Waals surface area contributed by atoms with Crippen LogP contribution < -0.4 is 9.64 Å². The molecule has 0 spiro atoms. The van der Waals surface area contributed by atoms with Gasteiger partial charge in [-0.2, -0.15) is 0 Å². The number of rotatable bonds is 4. The van der Waals surface area contributed by atoms with E-state index >= 15 is 0 Å². The van der Waals surface area contributed by atoms with Crippen LogP contribution in [0.15, 0.2) is 42.5 Å². The maximum atomic E-state index is 11.3. The van der Waals surface area contributed by atoms with Crippen LogP contribution in [-0.2, 0) is 0 Å². The van der Waals surface area contributed by atoms with Gasteiger partial charge in [-0.3, -0.25) is 4.79 Å². The van der Waals surface area contributed by atoms with Gasteiger partial charge < -0.3 is 9.64 Å². The quantitative estimate of drug-likeness (QED) is 0.781. The van der Waals surface area contributed by atoms with Crippen molar-refractivity contribution in [1.82, 2.24) is 0 Å². The van der Waals surface area contributed by atoms with Gasteiger partial charge in [0.05, 0.1) is 5.02 Å². The first-order chi connectivity index (χ1) is 9.47. The van der Waals surface area contributed by atoms with E-state index in [1.165, 1.54) is 6.92 Å². The van der Waals surface area contributed by atoms with Gasteiger partial charge >= 0.3 is 0 Å². The maximum Gasteiger partial charge on any atom is 0.159 e. The van der Waals surface area contributed by atoms with E-state index in [1.54, 1.807) is 18.2 Å². The highest BCUT2D eigenvalue weighted by atomic mass is 35.5. The number of anilines is 1. The molecular weight excluding hydrogens is 274 g/mol. The van der Waals surface area contributed by atoms with E-state index in [9.17, 15) is 4.79 Å². The molecule has 0 aliphatic carbocycles. The summed E-state index contributed by atoms with van der Waals surface area (Å²) in [6, 6.07) is 12.7. The largest absolute Gasteiger partial charge is 0.456 e. The Morgan fingerprint density at radius 2 is 1.90 bits per heavy atom. The van der Waals surface area contributed by atoms with Gasteiger partial charge in [-0.25, -0.2) is 0 Å². The van der Waals surface area contributed by atoms with Crippen LogP contribution in [0.2, 0.25) is 5.02 Å². The van der Waals surface area contributed by atoms with E-state index in [1.807, 2.05) is 43.3 Å². The molecule has 2 aromatic rings. The Balaban J connectivity index is 2.26. The van der Waals surface area contributed by atoms with Crippen molar-refractivity contribution in [2.24, 2.45) is 0 Å². The average Bonchev–Trinajstić information content (AvgIpc) is 2.41. The third-order valence-corrected chi connectivity index (χ3v) is 3.20. The standard InChI is InChI=1S/C16H16ClNO2/c1-11(19)12-7-8-16(15(17)9-12)20-14-6-4-5-13(10-14)18(2)3/h4-10H,1-3H3. The lowest BCUT2D eigenvalue weighted by Gasteiger charge is -2.14. The lowest BCUT2D eigenvalue weighted by atomic mass is 10.1. The van der Waals surface area contributed by atoms with Crippen molar-refractivity contribution in [3.8, 4) is 11.5 Å². The van der Waals surface area contributed by atoms with Gasteiger partial charge in [0.1, 0.15) is 11.5 Å². The van der Waals surface area contributed by atoms with Gasteiger partial charge in [0.2, 0.25) is 0 Å². The van der Waals surface area contributed by atoms with Crippen molar-refractivity contribution in [2.45, 2.75) is 6.92 Å². The van der Waals surface area contributed by atoms with Gasteiger partial charge in [-0.15, -0.1) is 0 Å². The van der Waals surface area contributed by atoms with Crippen molar-refractivity contribution in [2.75, 3.05) is 19.0 Å². The van der Waals surface area contributed by atoms with Gasteiger partial charge in [-0.05, 0) is 37.3 Å². The highest BCUT2D eigenvalue weighted by molar-refractivity contribution is 6.32. The predicted octanol–water partition coefficient (Wildman–Crippen LogP) is 4.40. The lowest BCUT2D eigenvalue weighted by Crippen LogP contribution is -2.08. The van der Waals surface area contributed by atoms with Crippen LogP contribution in [0, 0.1) is 0 Å². The zero-order chi connectivity index (χ0) is 14.7. The fourth-order valence-electron chi connectivity index (χ4n) is 1.75. The zero-order valence-electron chi connectivity index (χ0n) is 11.7. The molecule has 0 aromatic heterocycles. The third-order valence-electron chi connectivity index (χ3n) is 2.90. The molecular formula is C16H16ClNO2. The molecule has 2 rings (SSSR count). The number of halogens is 1. The number of ether oxygens (including phenoxy) is 1. The molecule has 0 aliphatic rings. The van der Waals surface area contributed by atoms with E-state index in [0.717, 1.165) is 5.69 Å². The summed E-state index contributed by atoms with van der Waals surface area (Å²) in [5, 5.41) is 0.424. The van der Waals surface area contributed by atoms with Crippen molar-refractivity contribution in [1.29, 1.82) is 0 Å².